The maximum absolute atomic E-state index is 13.1. The summed E-state index contributed by atoms with van der Waals surface area (Å²) in [6, 6.07) is 6.72. The van der Waals surface area contributed by atoms with Crippen LogP contribution in [0.1, 0.15) is 25.8 Å². The van der Waals surface area contributed by atoms with Crippen LogP contribution in [0.15, 0.2) is 18.2 Å². The van der Waals surface area contributed by atoms with Gasteiger partial charge in [0.15, 0.2) is 0 Å². The van der Waals surface area contributed by atoms with Crippen molar-refractivity contribution in [2.45, 2.75) is 25.7 Å². The number of benzene rings is 1. The van der Waals surface area contributed by atoms with Crippen LogP contribution in [0, 0.1) is 17.1 Å². The predicted octanol–water partition coefficient (Wildman–Crippen LogP) is 3.67. The Morgan fingerprint density at radius 2 is 2.21 bits per heavy atom. The second-order valence-corrected chi connectivity index (χ2v) is 3.78. The Kier molecular flexibility index (Phi) is 3.13. The van der Waals surface area contributed by atoms with E-state index in [2.05, 4.69) is 6.07 Å². The first kappa shape index (κ1) is 11.0. The van der Waals surface area contributed by atoms with Crippen LogP contribution in [-0.4, -0.2) is 0 Å². The molecule has 0 fully saturated rings. The summed E-state index contributed by atoms with van der Waals surface area (Å²) in [4.78, 5) is 0. The normalized spacial score (nSPS) is 14.5. The van der Waals surface area contributed by atoms with Crippen LogP contribution in [0.25, 0.3) is 0 Å². The number of hydrogen-bond acceptors (Lipinski definition) is 1. The van der Waals surface area contributed by atoms with Crippen LogP contribution in [-0.2, 0) is 5.41 Å². The molecule has 1 aromatic rings. The Labute approximate surface area is 88.1 Å². The Hall–Kier alpha value is -1.07. The molecule has 0 saturated carbocycles. The highest BCUT2D eigenvalue weighted by Gasteiger charge is 2.27. The zero-order valence-corrected chi connectivity index (χ0v) is 8.90. The molecular formula is C11H11ClFN. The van der Waals surface area contributed by atoms with E-state index in [0.717, 1.165) is 0 Å². The Morgan fingerprint density at radius 1 is 1.57 bits per heavy atom. The van der Waals surface area contributed by atoms with E-state index in [0.29, 0.717) is 12.0 Å². The van der Waals surface area contributed by atoms with Gasteiger partial charge in [0, 0.05) is 0 Å². The van der Waals surface area contributed by atoms with Crippen molar-refractivity contribution < 1.29 is 4.39 Å². The van der Waals surface area contributed by atoms with Crippen LogP contribution >= 0.6 is 11.6 Å². The standard InChI is InChI=1S/C11H11ClFN/c1-3-11(2,7-14)8-5-4-6-9(13)10(8)12/h4-6H,3H2,1-2H3. The highest BCUT2D eigenvalue weighted by Crippen LogP contribution is 2.33. The van der Waals surface area contributed by atoms with Gasteiger partial charge in [-0.2, -0.15) is 5.26 Å². The summed E-state index contributed by atoms with van der Waals surface area (Å²) < 4.78 is 13.1. The fourth-order valence-electron chi connectivity index (χ4n) is 1.26. The predicted molar refractivity (Wildman–Crippen MR) is 54.7 cm³/mol. The third kappa shape index (κ3) is 1.73. The summed E-state index contributed by atoms with van der Waals surface area (Å²) in [5.41, 5.74) is -0.150. The van der Waals surface area contributed by atoms with Gasteiger partial charge in [-0.15, -0.1) is 0 Å². The largest absolute Gasteiger partial charge is 0.205 e. The molecule has 0 heterocycles. The molecular weight excluding hydrogens is 201 g/mol. The molecule has 3 heteroatoms. The van der Waals surface area contributed by atoms with Gasteiger partial charge in [-0.05, 0) is 25.0 Å². The minimum Gasteiger partial charge on any atom is -0.205 e. The van der Waals surface area contributed by atoms with E-state index in [1.807, 2.05) is 6.92 Å². The maximum atomic E-state index is 13.1. The Balaban J connectivity index is 3.33. The number of halogens is 2. The van der Waals surface area contributed by atoms with Crippen molar-refractivity contribution in [1.82, 2.24) is 0 Å². The number of rotatable bonds is 2. The van der Waals surface area contributed by atoms with Crippen LogP contribution in [0.2, 0.25) is 5.02 Å². The van der Waals surface area contributed by atoms with Crippen molar-refractivity contribution in [2.24, 2.45) is 0 Å². The van der Waals surface area contributed by atoms with E-state index in [1.165, 1.54) is 6.07 Å². The van der Waals surface area contributed by atoms with Gasteiger partial charge in [-0.25, -0.2) is 4.39 Å². The highest BCUT2D eigenvalue weighted by molar-refractivity contribution is 6.31. The van der Waals surface area contributed by atoms with Gasteiger partial charge in [0.25, 0.3) is 0 Å². The van der Waals surface area contributed by atoms with Crippen molar-refractivity contribution in [1.29, 1.82) is 5.26 Å². The number of nitrogens with zero attached hydrogens (tertiary/aromatic N) is 1. The molecule has 74 valence electrons. The first-order chi connectivity index (χ1) is 6.55. The smallest absolute Gasteiger partial charge is 0.142 e. The molecule has 0 aliphatic carbocycles. The van der Waals surface area contributed by atoms with E-state index in [4.69, 9.17) is 16.9 Å². The van der Waals surface area contributed by atoms with Crippen molar-refractivity contribution in [3.8, 4) is 6.07 Å². The molecule has 14 heavy (non-hydrogen) atoms. The van der Waals surface area contributed by atoms with Gasteiger partial charge in [0.1, 0.15) is 5.82 Å². The van der Waals surface area contributed by atoms with Gasteiger partial charge in [0.2, 0.25) is 0 Å². The molecule has 0 amide bonds. The summed E-state index contributed by atoms with van der Waals surface area (Å²) >= 11 is 5.81. The van der Waals surface area contributed by atoms with Crippen molar-refractivity contribution in [3.05, 3.63) is 34.6 Å². The minimum atomic E-state index is -0.709. The number of nitriles is 1. The number of hydrogen-bond donors (Lipinski definition) is 0. The van der Waals surface area contributed by atoms with Crippen LogP contribution < -0.4 is 0 Å². The molecule has 1 unspecified atom stereocenters. The Morgan fingerprint density at radius 3 is 2.71 bits per heavy atom. The van der Waals surface area contributed by atoms with E-state index >= 15 is 0 Å². The van der Waals surface area contributed by atoms with E-state index < -0.39 is 11.2 Å². The SMILES string of the molecule is CCC(C)(C#N)c1cccc(F)c1Cl. The molecule has 0 N–H and O–H groups in total. The lowest BCUT2D eigenvalue weighted by atomic mass is 9.81. The van der Waals surface area contributed by atoms with E-state index in [1.54, 1.807) is 19.1 Å². The monoisotopic (exact) mass is 211 g/mol. The topological polar surface area (TPSA) is 23.8 Å². The van der Waals surface area contributed by atoms with Crippen LogP contribution in [0.5, 0.6) is 0 Å². The van der Waals surface area contributed by atoms with Gasteiger partial charge in [-0.1, -0.05) is 30.7 Å². The first-order valence-corrected chi connectivity index (χ1v) is 4.78. The molecule has 0 aliphatic rings. The lowest BCUT2D eigenvalue weighted by molar-refractivity contribution is 0.572. The summed E-state index contributed by atoms with van der Waals surface area (Å²) in [6.45, 7) is 3.64. The lowest BCUT2D eigenvalue weighted by Crippen LogP contribution is -2.18. The molecule has 1 nitrogen and oxygen atoms in total. The molecule has 1 aromatic carbocycles. The third-order valence-electron chi connectivity index (χ3n) is 2.50. The molecule has 0 radical (unpaired) electrons. The van der Waals surface area contributed by atoms with Crippen LogP contribution in [0.4, 0.5) is 4.39 Å². The molecule has 0 aliphatic heterocycles. The average molecular weight is 212 g/mol. The van der Waals surface area contributed by atoms with Gasteiger partial charge >= 0.3 is 0 Å². The Bertz CT molecular complexity index is 383. The first-order valence-electron chi connectivity index (χ1n) is 4.41. The minimum absolute atomic E-state index is 0.0541. The maximum Gasteiger partial charge on any atom is 0.142 e. The summed E-state index contributed by atoms with van der Waals surface area (Å²) in [5.74, 6) is -0.473. The third-order valence-corrected chi connectivity index (χ3v) is 2.88. The molecule has 1 atom stereocenters. The van der Waals surface area contributed by atoms with Crippen LogP contribution in [0.3, 0.4) is 0 Å². The second kappa shape index (κ2) is 3.98. The van der Waals surface area contributed by atoms with E-state index in [9.17, 15) is 4.39 Å². The van der Waals surface area contributed by atoms with Gasteiger partial charge in [-0.3, -0.25) is 0 Å². The van der Waals surface area contributed by atoms with Crippen molar-refractivity contribution >= 4 is 11.6 Å². The van der Waals surface area contributed by atoms with Gasteiger partial charge < -0.3 is 0 Å². The fourth-order valence-corrected chi connectivity index (χ4v) is 1.59. The lowest BCUT2D eigenvalue weighted by Gasteiger charge is -2.21. The summed E-state index contributed by atoms with van der Waals surface area (Å²) in [6.07, 6.45) is 0.604. The highest BCUT2D eigenvalue weighted by atomic mass is 35.5. The zero-order valence-electron chi connectivity index (χ0n) is 8.14. The molecule has 1 rings (SSSR count). The average Bonchev–Trinajstić information content (AvgIpc) is 2.21. The van der Waals surface area contributed by atoms with E-state index in [-0.39, 0.29) is 5.02 Å². The molecule has 0 spiro atoms. The molecule has 0 aromatic heterocycles. The molecule has 0 bridgehead atoms. The molecule has 0 saturated heterocycles. The summed E-state index contributed by atoms with van der Waals surface area (Å²) in [5, 5.41) is 9.08. The second-order valence-electron chi connectivity index (χ2n) is 3.40. The summed E-state index contributed by atoms with van der Waals surface area (Å²) in [7, 11) is 0. The van der Waals surface area contributed by atoms with Crippen molar-refractivity contribution in [3.63, 3.8) is 0 Å². The fraction of sp³-hybridized carbons (Fsp3) is 0.364. The van der Waals surface area contributed by atoms with Gasteiger partial charge in [0.05, 0.1) is 16.5 Å². The van der Waals surface area contributed by atoms with Crippen molar-refractivity contribution in [2.75, 3.05) is 0 Å². The quantitative estimate of drug-likeness (QED) is 0.732. The zero-order chi connectivity index (χ0) is 10.8.